The van der Waals surface area contributed by atoms with Crippen molar-refractivity contribution in [1.82, 2.24) is 19.8 Å². The molecule has 1 aromatic carbocycles. The molecule has 2 N–H and O–H groups in total. The minimum absolute atomic E-state index is 0.343. The maximum Gasteiger partial charge on any atom is 0.368 e. The fourth-order valence-corrected chi connectivity index (χ4v) is 1.59. The summed E-state index contributed by atoms with van der Waals surface area (Å²) in [7, 11) is 1.52. The van der Waals surface area contributed by atoms with E-state index in [1.54, 1.807) is 19.1 Å². The van der Waals surface area contributed by atoms with Gasteiger partial charge in [-0.05, 0) is 35.0 Å². The topological polar surface area (TPSA) is 78.7 Å². The molecule has 0 spiro atoms. The van der Waals surface area contributed by atoms with E-state index >= 15 is 0 Å². The van der Waals surface area contributed by atoms with Gasteiger partial charge in [0.1, 0.15) is 0 Å². The normalized spacial score (nSPS) is 10.7. The summed E-state index contributed by atoms with van der Waals surface area (Å²) >= 11 is 5.98. The Morgan fingerprint density at radius 3 is 2.62 bits per heavy atom. The number of rotatable bonds is 1. The van der Waals surface area contributed by atoms with Crippen LogP contribution < -0.4 is 11.4 Å². The maximum absolute atomic E-state index is 11.7. The summed E-state index contributed by atoms with van der Waals surface area (Å²) in [6, 6.07) is 3.26. The second kappa shape index (κ2) is 3.64. The second-order valence-corrected chi connectivity index (χ2v) is 3.85. The number of hydrogen-bond acceptors (Lipinski definition) is 4. The summed E-state index contributed by atoms with van der Waals surface area (Å²) in [5.74, 6) is 0. The van der Waals surface area contributed by atoms with Gasteiger partial charge >= 0.3 is 5.69 Å². The molecule has 84 valence electrons. The highest BCUT2D eigenvalue weighted by molar-refractivity contribution is 6.31. The third-order valence-corrected chi connectivity index (χ3v) is 2.68. The summed E-state index contributed by atoms with van der Waals surface area (Å²) in [5, 5.41) is 7.85. The van der Waals surface area contributed by atoms with Crippen LogP contribution >= 0.6 is 11.6 Å². The van der Waals surface area contributed by atoms with Gasteiger partial charge < -0.3 is 5.73 Å². The Hall–Kier alpha value is -1.82. The highest BCUT2D eigenvalue weighted by atomic mass is 35.5. The van der Waals surface area contributed by atoms with Crippen molar-refractivity contribution in [3.63, 3.8) is 0 Å². The van der Waals surface area contributed by atoms with Crippen LogP contribution in [0.25, 0.3) is 5.69 Å². The van der Waals surface area contributed by atoms with E-state index < -0.39 is 0 Å². The number of nitrogens with two attached hydrogens (primary N) is 1. The van der Waals surface area contributed by atoms with Crippen molar-refractivity contribution in [2.45, 2.75) is 6.92 Å². The molecule has 0 radical (unpaired) electrons. The third kappa shape index (κ3) is 1.57. The average molecular weight is 240 g/mol. The minimum Gasteiger partial charge on any atom is -0.399 e. The van der Waals surface area contributed by atoms with E-state index in [4.69, 9.17) is 17.3 Å². The van der Waals surface area contributed by atoms with Gasteiger partial charge in [-0.25, -0.2) is 4.79 Å². The first kappa shape index (κ1) is 10.7. The van der Waals surface area contributed by atoms with Crippen molar-refractivity contribution in [1.29, 1.82) is 0 Å². The van der Waals surface area contributed by atoms with E-state index in [0.717, 1.165) is 14.9 Å². The van der Waals surface area contributed by atoms with Gasteiger partial charge in [-0.2, -0.15) is 9.36 Å². The van der Waals surface area contributed by atoms with Gasteiger partial charge in [0.15, 0.2) is 0 Å². The standard InChI is InChI=1S/C9H10ClN5O/c1-5-7(10)3-6(11)4-8(5)15-9(16)14(2)12-13-15/h3-4H,11H2,1-2H3. The summed E-state index contributed by atoms with van der Waals surface area (Å²) < 4.78 is 2.30. The Labute approximate surface area is 96.2 Å². The Kier molecular flexibility index (Phi) is 2.43. The second-order valence-electron chi connectivity index (χ2n) is 3.44. The lowest BCUT2D eigenvalue weighted by Crippen LogP contribution is -2.22. The van der Waals surface area contributed by atoms with E-state index in [1.165, 1.54) is 7.05 Å². The molecule has 0 aliphatic heterocycles. The molecule has 0 bridgehead atoms. The number of nitrogen functional groups attached to an aromatic ring is 1. The van der Waals surface area contributed by atoms with Crippen LogP contribution in [0.15, 0.2) is 16.9 Å². The van der Waals surface area contributed by atoms with Crippen LogP contribution in [0, 0.1) is 6.92 Å². The van der Waals surface area contributed by atoms with E-state index in [9.17, 15) is 4.79 Å². The summed E-state index contributed by atoms with van der Waals surface area (Å²) in [4.78, 5) is 11.7. The Morgan fingerprint density at radius 1 is 1.38 bits per heavy atom. The van der Waals surface area contributed by atoms with E-state index in [1.807, 2.05) is 0 Å². The zero-order chi connectivity index (χ0) is 11.9. The molecule has 0 amide bonds. The lowest BCUT2D eigenvalue weighted by Gasteiger charge is -2.06. The molecule has 2 aromatic rings. The zero-order valence-corrected chi connectivity index (χ0v) is 9.56. The van der Waals surface area contributed by atoms with Gasteiger partial charge in [0.05, 0.1) is 5.69 Å². The van der Waals surface area contributed by atoms with Crippen molar-refractivity contribution in [3.05, 3.63) is 33.2 Å². The van der Waals surface area contributed by atoms with Crippen molar-refractivity contribution in [2.75, 3.05) is 5.73 Å². The molecule has 0 aliphatic rings. The molecule has 7 heteroatoms. The van der Waals surface area contributed by atoms with Crippen LogP contribution in [0.1, 0.15) is 5.56 Å². The molecule has 0 fully saturated rings. The number of benzene rings is 1. The van der Waals surface area contributed by atoms with Crippen LogP contribution in [0.2, 0.25) is 5.02 Å². The van der Waals surface area contributed by atoms with Gasteiger partial charge in [0, 0.05) is 17.8 Å². The first-order chi connectivity index (χ1) is 7.50. The molecule has 1 aromatic heterocycles. The van der Waals surface area contributed by atoms with Crippen molar-refractivity contribution in [2.24, 2.45) is 7.05 Å². The summed E-state index contributed by atoms with van der Waals surface area (Å²) in [5.41, 5.74) is 7.08. The number of halogens is 1. The zero-order valence-electron chi connectivity index (χ0n) is 8.81. The highest BCUT2D eigenvalue weighted by Gasteiger charge is 2.11. The largest absolute Gasteiger partial charge is 0.399 e. The number of nitrogens with zero attached hydrogens (tertiary/aromatic N) is 4. The molecule has 0 saturated carbocycles. The van der Waals surface area contributed by atoms with Crippen LogP contribution in [-0.2, 0) is 7.05 Å². The Balaban J connectivity index is 2.74. The number of hydrogen-bond donors (Lipinski definition) is 1. The molecule has 6 nitrogen and oxygen atoms in total. The maximum atomic E-state index is 11.7. The van der Waals surface area contributed by atoms with Gasteiger partial charge in [0.2, 0.25) is 0 Å². The van der Waals surface area contributed by atoms with E-state index in [0.29, 0.717) is 16.4 Å². The summed E-state index contributed by atoms with van der Waals surface area (Å²) in [6.07, 6.45) is 0. The lowest BCUT2D eigenvalue weighted by molar-refractivity contribution is 0.692. The number of aryl methyl sites for hydroxylation is 1. The third-order valence-electron chi connectivity index (χ3n) is 2.29. The first-order valence-corrected chi connectivity index (χ1v) is 4.93. The predicted molar refractivity (Wildman–Crippen MR) is 60.8 cm³/mol. The van der Waals surface area contributed by atoms with Crippen LogP contribution in [0.4, 0.5) is 5.69 Å². The molecule has 0 saturated heterocycles. The van der Waals surface area contributed by atoms with Gasteiger partial charge in [-0.1, -0.05) is 11.6 Å². The van der Waals surface area contributed by atoms with E-state index in [2.05, 4.69) is 10.4 Å². The molecule has 0 unspecified atom stereocenters. The Morgan fingerprint density at radius 2 is 2.06 bits per heavy atom. The first-order valence-electron chi connectivity index (χ1n) is 4.55. The molecule has 16 heavy (non-hydrogen) atoms. The molecular weight excluding hydrogens is 230 g/mol. The minimum atomic E-state index is -0.343. The molecule has 2 rings (SSSR count). The van der Waals surface area contributed by atoms with Crippen molar-refractivity contribution in [3.8, 4) is 5.69 Å². The fraction of sp³-hybridized carbons (Fsp3) is 0.222. The van der Waals surface area contributed by atoms with Crippen LogP contribution in [0.5, 0.6) is 0 Å². The van der Waals surface area contributed by atoms with Crippen molar-refractivity contribution >= 4 is 17.3 Å². The van der Waals surface area contributed by atoms with Crippen LogP contribution in [0.3, 0.4) is 0 Å². The summed E-state index contributed by atoms with van der Waals surface area (Å²) in [6.45, 7) is 1.79. The SMILES string of the molecule is Cc1c(Cl)cc(N)cc1-n1nnn(C)c1=O. The monoisotopic (exact) mass is 239 g/mol. The highest BCUT2D eigenvalue weighted by Crippen LogP contribution is 2.24. The molecular formula is C9H10ClN5O. The number of tetrazole rings is 1. The molecule has 0 aliphatic carbocycles. The Bertz CT molecular complexity index is 600. The van der Waals surface area contributed by atoms with E-state index in [-0.39, 0.29) is 5.69 Å². The van der Waals surface area contributed by atoms with Gasteiger partial charge in [0.25, 0.3) is 0 Å². The smallest absolute Gasteiger partial charge is 0.368 e. The van der Waals surface area contributed by atoms with Gasteiger partial charge in [-0.15, -0.1) is 0 Å². The lowest BCUT2D eigenvalue weighted by atomic mass is 10.2. The molecule has 1 heterocycles. The molecule has 0 atom stereocenters. The van der Waals surface area contributed by atoms with Gasteiger partial charge in [-0.3, -0.25) is 0 Å². The number of aromatic nitrogens is 4. The fourth-order valence-electron chi connectivity index (χ4n) is 1.37. The average Bonchev–Trinajstić information content (AvgIpc) is 2.54. The quantitative estimate of drug-likeness (QED) is 0.736. The van der Waals surface area contributed by atoms with Crippen LogP contribution in [-0.4, -0.2) is 19.8 Å². The predicted octanol–water partition coefficient (Wildman–Crippen LogP) is 0.510. The van der Waals surface area contributed by atoms with Crippen molar-refractivity contribution < 1.29 is 0 Å². The number of anilines is 1.